The summed E-state index contributed by atoms with van der Waals surface area (Å²) in [5.74, 6) is -0.0352. The van der Waals surface area contributed by atoms with Gasteiger partial charge in [0.25, 0.3) is 0 Å². The summed E-state index contributed by atoms with van der Waals surface area (Å²) in [5.41, 5.74) is 0.551. The number of amides is 2. The Morgan fingerprint density at radius 3 is 2.76 bits per heavy atom. The smallest absolute Gasteiger partial charge is 0.340 e. The van der Waals surface area contributed by atoms with Crippen molar-refractivity contribution in [2.24, 2.45) is 5.92 Å². The summed E-state index contributed by atoms with van der Waals surface area (Å²) in [5, 5.41) is 9.36. The number of hydrogen-bond donors (Lipinski definition) is 3. The molecule has 0 unspecified atom stereocenters. The number of rotatable bonds is 5. The Hall–Kier alpha value is -2.61. The van der Waals surface area contributed by atoms with E-state index < -0.39 is 5.69 Å². The Kier molecular flexibility index (Phi) is 5.18. The van der Waals surface area contributed by atoms with Crippen molar-refractivity contribution < 1.29 is 9.59 Å². The fraction of sp³-hybridized carbons (Fsp3) is 0.375. The molecule has 0 saturated carbocycles. The summed E-state index contributed by atoms with van der Waals surface area (Å²) in [4.78, 5) is 39.6. The summed E-state index contributed by atoms with van der Waals surface area (Å²) in [7, 11) is 0. The van der Waals surface area contributed by atoms with E-state index in [2.05, 4.69) is 20.5 Å². The molecule has 2 aromatic rings. The minimum atomic E-state index is -0.415. The van der Waals surface area contributed by atoms with Crippen LogP contribution in [0.15, 0.2) is 29.1 Å². The molecule has 0 spiro atoms. The number of carbonyl (C=O) groups is 2. The number of nitrogens with zero attached hydrogens (tertiary/aromatic N) is 2. The van der Waals surface area contributed by atoms with Crippen LogP contribution < -0.4 is 11.0 Å². The number of carbonyl (C=O) groups excluding carboxylic acids is 2. The Bertz CT molecular complexity index is 814. The molecule has 1 saturated heterocycles. The van der Waals surface area contributed by atoms with Gasteiger partial charge in [0.2, 0.25) is 11.8 Å². The highest BCUT2D eigenvalue weighted by Crippen LogP contribution is 2.20. The van der Waals surface area contributed by atoms with Crippen LogP contribution in [0.3, 0.4) is 0 Å². The molecular formula is C16H18ClN5O3. The zero-order chi connectivity index (χ0) is 17.8. The van der Waals surface area contributed by atoms with E-state index in [9.17, 15) is 14.4 Å². The number of hydrogen-bond acceptors (Lipinski definition) is 4. The van der Waals surface area contributed by atoms with Gasteiger partial charge in [-0.15, -0.1) is 0 Å². The molecule has 3 rings (SSSR count). The quantitative estimate of drug-likeness (QED) is 0.729. The second-order valence-electron chi connectivity index (χ2n) is 5.98. The number of piperidine rings is 1. The van der Waals surface area contributed by atoms with Crippen LogP contribution in [0.25, 0.3) is 0 Å². The SMILES string of the molecule is O=C(NCc1n[nH]c(=O)[nH]1)[C@@H]1CCC(=O)N(Cc2ccc(Cl)cc2)C1. The average molecular weight is 364 g/mol. The standard InChI is InChI=1S/C16H18ClN5O3/c17-12-4-1-10(2-5-12)8-22-9-11(3-6-14(22)23)15(24)18-7-13-19-16(25)21-20-13/h1-2,4-5,11H,3,6-9H2,(H,18,24)(H2,19,20,21,25)/t11-/m1/s1. The summed E-state index contributed by atoms with van der Waals surface area (Å²) < 4.78 is 0. The van der Waals surface area contributed by atoms with Gasteiger partial charge in [-0.2, -0.15) is 5.10 Å². The van der Waals surface area contributed by atoms with Gasteiger partial charge < -0.3 is 10.2 Å². The van der Waals surface area contributed by atoms with Gasteiger partial charge in [-0.05, 0) is 24.1 Å². The van der Waals surface area contributed by atoms with Gasteiger partial charge in [0.15, 0.2) is 0 Å². The lowest BCUT2D eigenvalue weighted by Gasteiger charge is -2.32. The van der Waals surface area contributed by atoms with E-state index in [1.807, 2.05) is 12.1 Å². The van der Waals surface area contributed by atoms with E-state index in [4.69, 9.17) is 11.6 Å². The average Bonchev–Trinajstić information content (AvgIpc) is 3.02. The van der Waals surface area contributed by atoms with Crippen LogP contribution >= 0.6 is 11.6 Å². The van der Waals surface area contributed by atoms with Crippen LogP contribution in [0.2, 0.25) is 5.02 Å². The fourth-order valence-corrected chi connectivity index (χ4v) is 2.92. The maximum Gasteiger partial charge on any atom is 0.340 e. The van der Waals surface area contributed by atoms with Crippen LogP contribution in [0.1, 0.15) is 24.2 Å². The van der Waals surface area contributed by atoms with Crippen molar-refractivity contribution in [3.05, 3.63) is 51.2 Å². The van der Waals surface area contributed by atoms with E-state index >= 15 is 0 Å². The molecule has 0 radical (unpaired) electrons. The molecule has 1 aromatic heterocycles. The molecule has 25 heavy (non-hydrogen) atoms. The van der Waals surface area contributed by atoms with Crippen LogP contribution in [0, 0.1) is 5.92 Å². The molecule has 1 atom stereocenters. The lowest BCUT2D eigenvalue weighted by atomic mass is 9.96. The second-order valence-corrected chi connectivity index (χ2v) is 6.41. The van der Waals surface area contributed by atoms with Crippen LogP contribution in [0.5, 0.6) is 0 Å². The van der Waals surface area contributed by atoms with Crippen molar-refractivity contribution in [1.29, 1.82) is 0 Å². The summed E-state index contributed by atoms with van der Waals surface area (Å²) in [6.07, 6.45) is 0.851. The molecule has 9 heteroatoms. The normalized spacial score (nSPS) is 17.6. The van der Waals surface area contributed by atoms with E-state index in [1.165, 1.54) is 0 Å². The first-order valence-corrected chi connectivity index (χ1v) is 8.32. The Morgan fingerprint density at radius 1 is 1.32 bits per heavy atom. The van der Waals surface area contributed by atoms with Gasteiger partial charge in [0, 0.05) is 24.5 Å². The van der Waals surface area contributed by atoms with Crippen LogP contribution in [-0.4, -0.2) is 38.4 Å². The zero-order valence-electron chi connectivity index (χ0n) is 13.4. The van der Waals surface area contributed by atoms with Crippen molar-refractivity contribution in [2.45, 2.75) is 25.9 Å². The molecule has 1 aliphatic heterocycles. The maximum atomic E-state index is 12.3. The minimum Gasteiger partial charge on any atom is -0.349 e. The highest BCUT2D eigenvalue weighted by molar-refractivity contribution is 6.30. The molecule has 1 fully saturated rings. The number of nitrogens with one attached hydrogen (secondary N) is 3. The predicted molar refractivity (Wildman–Crippen MR) is 90.6 cm³/mol. The Labute approximate surface area is 148 Å². The van der Waals surface area contributed by atoms with Gasteiger partial charge in [-0.3, -0.25) is 14.6 Å². The largest absolute Gasteiger partial charge is 0.349 e. The molecule has 2 heterocycles. The van der Waals surface area contributed by atoms with Gasteiger partial charge in [0.1, 0.15) is 5.82 Å². The van der Waals surface area contributed by atoms with Crippen LogP contribution in [0.4, 0.5) is 0 Å². The number of H-pyrrole nitrogens is 2. The highest BCUT2D eigenvalue weighted by Gasteiger charge is 2.30. The van der Waals surface area contributed by atoms with Gasteiger partial charge in [-0.25, -0.2) is 9.89 Å². The molecule has 1 aliphatic rings. The number of aromatic nitrogens is 3. The van der Waals surface area contributed by atoms with Crippen LogP contribution in [-0.2, 0) is 22.7 Å². The van der Waals surface area contributed by atoms with Crippen molar-refractivity contribution in [2.75, 3.05) is 6.54 Å². The Morgan fingerprint density at radius 2 is 2.08 bits per heavy atom. The minimum absolute atomic E-state index is 0.0376. The van der Waals surface area contributed by atoms with Crippen molar-refractivity contribution in [1.82, 2.24) is 25.4 Å². The summed E-state index contributed by atoms with van der Waals surface area (Å²) >= 11 is 5.87. The molecule has 0 aliphatic carbocycles. The molecule has 1 aromatic carbocycles. The third kappa shape index (κ3) is 4.48. The first-order valence-electron chi connectivity index (χ1n) is 7.95. The maximum absolute atomic E-state index is 12.3. The van der Waals surface area contributed by atoms with Gasteiger partial charge in [-0.1, -0.05) is 23.7 Å². The van der Waals surface area contributed by atoms with Gasteiger partial charge >= 0.3 is 5.69 Å². The van der Waals surface area contributed by atoms with Gasteiger partial charge in [0.05, 0.1) is 12.5 Å². The summed E-state index contributed by atoms with van der Waals surface area (Å²) in [6, 6.07) is 7.29. The molecular weight excluding hydrogens is 346 g/mol. The molecule has 132 valence electrons. The zero-order valence-corrected chi connectivity index (χ0v) is 14.2. The van der Waals surface area contributed by atoms with E-state index in [0.717, 1.165) is 5.56 Å². The summed E-state index contributed by atoms with van der Waals surface area (Å²) in [6.45, 7) is 0.954. The number of halogens is 1. The molecule has 0 bridgehead atoms. The molecule has 8 nitrogen and oxygen atoms in total. The van der Waals surface area contributed by atoms with E-state index in [1.54, 1.807) is 17.0 Å². The first kappa shape index (κ1) is 17.2. The van der Waals surface area contributed by atoms with Crippen molar-refractivity contribution >= 4 is 23.4 Å². The number of benzene rings is 1. The molecule has 2 amide bonds. The number of likely N-dealkylation sites (tertiary alicyclic amines) is 1. The number of aromatic amines is 2. The Balaban J connectivity index is 1.57. The molecule has 3 N–H and O–H groups in total. The highest BCUT2D eigenvalue weighted by atomic mass is 35.5. The topological polar surface area (TPSA) is 111 Å². The van der Waals surface area contributed by atoms with Crippen molar-refractivity contribution in [3.8, 4) is 0 Å². The lowest BCUT2D eigenvalue weighted by molar-refractivity contribution is -0.139. The van der Waals surface area contributed by atoms with E-state index in [-0.39, 0.29) is 24.3 Å². The van der Waals surface area contributed by atoms with Crippen molar-refractivity contribution in [3.63, 3.8) is 0 Å². The monoisotopic (exact) mass is 363 g/mol. The second kappa shape index (κ2) is 7.52. The predicted octanol–water partition coefficient (Wildman–Crippen LogP) is 0.806. The van der Waals surface area contributed by atoms with E-state index in [0.29, 0.717) is 36.8 Å². The fourth-order valence-electron chi connectivity index (χ4n) is 2.80. The first-order chi connectivity index (χ1) is 12.0. The third-order valence-corrected chi connectivity index (χ3v) is 4.39. The lowest BCUT2D eigenvalue weighted by Crippen LogP contribution is -2.45. The third-order valence-electron chi connectivity index (χ3n) is 4.14.